The van der Waals surface area contributed by atoms with Crippen LogP contribution in [0.3, 0.4) is 0 Å². The van der Waals surface area contributed by atoms with Crippen LogP contribution in [0.25, 0.3) is 0 Å². The first-order valence-electron chi connectivity index (χ1n) is 5.98. The van der Waals surface area contributed by atoms with Gasteiger partial charge in [0, 0.05) is 18.2 Å². The minimum Gasteiger partial charge on any atom is -0.486 e. The monoisotopic (exact) mass is 286 g/mol. The number of hydrogen-bond acceptors (Lipinski definition) is 5. The number of nitrogens with one attached hydrogen (secondary N) is 1. The average Bonchev–Trinajstić information content (AvgIpc) is 2.37. The van der Waals surface area contributed by atoms with Gasteiger partial charge >= 0.3 is 0 Å². The van der Waals surface area contributed by atoms with Crippen molar-refractivity contribution in [3.8, 4) is 11.5 Å². The van der Waals surface area contributed by atoms with Crippen LogP contribution in [0.4, 0.5) is 0 Å². The third kappa shape index (κ3) is 3.17. The predicted octanol–water partition coefficient (Wildman–Crippen LogP) is 0.473. The van der Waals surface area contributed by atoms with Crippen LogP contribution in [0.5, 0.6) is 11.5 Å². The van der Waals surface area contributed by atoms with Gasteiger partial charge in [-0.15, -0.1) is 0 Å². The molecule has 2 rings (SSSR count). The number of nitrogens with two attached hydrogens (primary N) is 1. The van der Waals surface area contributed by atoms with E-state index in [-0.39, 0.29) is 11.4 Å². The zero-order valence-electron chi connectivity index (χ0n) is 11.0. The van der Waals surface area contributed by atoms with E-state index in [0.29, 0.717) is 24.7 Å². The van der Waals surface area contributed by atoms with Crippen molar-refractivity contribution < 1.29 is 17.9 Å². The van der Waals surface area contributed by atoms with Crippen LogP contribution in [-0.4, -0.2) is 33.7 Å². The Labute approximate surface area is 112 Å². The van der Waals surface area contributed by atoms with Gasteiger partial charge in [0.25, 0.3) is 0 Å². The molecule has 1 heterocycles. The highest BCUT2D eigenvalue weighted by atomic mass is 32.2. The Morgan fingerprint density at radius 2 is 1.89 bits per heavy atom. The summed E-state index contributed by atoms with van der Waals surface area (Å²) in [5, 5.41) is 0. The van der Waals surface area contributed by atoms with Gasteiger partial charge in [0.1, 0.15) is 13.2 Å². The molecule has 0 fully saturated rings. The molecule has 1 aliphatic heterocycles. The molecule has 7 heteroatoms. The van der Waals surface area contributed by atoms with Crippen molar-refractivity contribution in [1.29, 1.82) is 0 Å². The van der Waals surface area contributed by atoms with Crippen molar-refractivity contribution in [2.75, 3.05) is 19.8 Å². The van der Waals surface area contributed by atoms with E-state index < -0.39 is 15.6 Å². The Hall–Kier alpha value is -1.31. The molecule has 6 nitrogen and oxygen atoms in total. The number of rotatable bonds is 4. The molecule has 0 amide bonds. The van der Waals surface area contributed by atoms with Crippen LogP contribution in [0.1, 0.15) is 13.8 Å². The van der Waals surface area contributed by atoms with Gasteiger partial charge in [-0.2, -0.15) is 0 Å². The zero-order valence-corrected chi connectivity index (χ0v) is 11.8. The molecule has 1 aromatic carbocycles. The standard InChI is InChI=1S/C12H18N2O4S/c1-12(2,8-13)14-19(15,16)9-3-4-10-11(7-9)18-6-5-17-10/h3-4,7,14H,5-6,8,13H2,1-2H3. The summed E-state index contributed by atoms with van der Waals surface area (Å²) in [5.74, 6) is 1.00. The third-order valence-corrected chi connectivity index (χ3v) is 4.44. The highest BCUT2D eigenvalue weighted by Crippen LogP contribution is 2.32. The molecule has 0 aromatic heterocycles. The summed E-state index contributed by atoms with van der Waals surface area (Å²) in [6, 6.07) is 4.55. The molecule has 1 aliphatic rings. The van der Waals surface area contributed by atoms with E-state index in [0.717, 1.165) is 0 Å². The SMILES string of the molecule is CC(C)(CN)NS(=O)(=O)c1ccc2c(c1)OCCO2. The summed E-state index contributed by atoms with van der Waals surface area (Å²) in [6.45, 7) is 4.54. The normalized spacial score (nSPS) is 15.3. The summed E-state index contributed by atoms with van der Waals surface area (Å²) >= 11 is 0. The Morgan fingerprint density at radius 3 is 2.53 bits per heavy atom. The van der Waals surface area contributed by atoms with Gasteiger partial charge in [0.15, 0.2) is 11.5 Å². The van der Waals surface area contributed by atoms with Crippen molar-refractivity contribution in [2.45, 2.75) is 24.3 Å². The Bertz CT molecular complexity index is 569. The molecular formula is C12H18N2O4S. The number of benzene rings is 1. The quantitative estimate of drug-likeness (QED) is 0.840. The van der Waals surface area contributed by atoms with Crippen molar-refractivity contribution >= 4 is 10.0 Å². The maximum Gasteiger partial charge on any atom is 0.241 e. The number of fused-ring (bicyclic) bond motifs is 1. The highest BCUT2D eigenvalue weighted by Gasteiger charge is 2.26. The van der Waals surface area contributed by atoms with E-state index in [9.17, 15) is 8.42 Å². The van der Waals surface area contributed by atoms with Gasteiger partial charge in [0.05, 0.1) is 4.90 Å². The molecule has 3 N–H and O–H groups in total. The molecule has 0 spiro atoms. The molecule has 106 valence electrons. The van der Waals surface area contributed by atoms with Gasteiger partial charge in [-0.1, -0.05) is 0 Å². The van der Waals surface area contributed by atoms with Gasteiger partial charge < -0.3 is 15.2 Å². The van der Waals surface area contributed by atoms with Gasteiger partial charge in [-0.3, -0.25) is 0 Å². The van der Waals surface area contributed by atoms with E-state index in [1.165, 1.54) is 12.1 Å². The van der Waals surface area contributed by atoms with Crippen LogP contribution in [0.2, 0.25) is 0 Å². The van der Waals surface area contributed by atoms with Gasteiger partial charge in [0.2, 0.25) is 10.0 Å². The lowest BCUT2D eigenvalue weighted by Gasteiger charge is -2.24. The van der Waals surface area contributed by atoms with Crippen LogP contribution < -0.4 is 19.9 Å². The lowest BCUT2D eigenvalue weighted by Crippen LogP contribution is -2.48. The molecule has 0 aliphatic carbocycles. The number of ether oxygens (including phenoxy) is 2. The lowest BCUT2D eigenvalue weighted by atomic mass is 10.1. The Morgan fingerprint density at radius 1 is 1.26 bits per heavy atom. The van der Waals surface area contributed by atoms with Crippen LogP contribution in [0.15, 0.2) is 23.1 Å². The van der Waals surface area contributed by atoms with Crippen LogP contribution in [-0.2, 0) is 10.0 Å². The van der Waals surface area contributed by atoms with Crippen LogP contribution >= 0.6 is 0 Å². The number of sulfonamides is 1. The van der Waals surface area contributed by atoms with Gasteiger partial charge in [-0.25, -0.2) is 13.1 Å². The summed E-state index contributed by atoms with van der Waals surface area (Å²) in [4.78, 5) is 0.137. The topological polar surface area (TPSA) is 90.7 Å². The Balaban J connectivity index is 2.31. The number of hydrogen-bond donors (Lipinski definition) is 2. The van der Waals surface area contributed by atoms with Crippen molar-refractivity contribution in [3.63, 3.8) is 0 Å². The van der Waals surface area contributed by atoms with E-state index in [4.69, 9.17) is 15.2 Å². The second kappa shape index (κ2) is 4.99. The second-order valence-corrected chi connectivity index (χ2v) is 6.68. The fourth-order valence-corrected chi connectivity index (χ4v) is 3.09. The Kier molecular flexibility index (Phi) is 3.71. The second-order valence-electron chi connectivity index (χ2n) is 5.00. The maximum atomic E-state index is 12.2. The molecule has 0 radical (unpaired) electrons. The molecule has 0 saturated carbocycles. The summed E-state index contributed by atoms with van der Waals surface area (Å²) in [5.41, 5.74) is 4.83. The van der Waals surface area contributed by atoms with Crippen molar-refractivity contribution in [2.24, 2.45) is 5.73 Å². The first-order chi connectivity index (χ1) is 8.84. The molecule has 0 atom stereocenters. The zero-order chi connectivity index (χ0) is 14.1. The molecule has 0 unspecified atom stereocenters. The van der Waals surface area contributed by atoms with E-state index in [1.54, 1.807) is 19.9 Å². The van der Waals surface area contributed by atoms with Crippen molar-refractivity contribution in [1.82, 2.24) is 4.72 Å². The minimum absolute atomic E-state index is 0.137. The first kappa shape index (κ1) is 14.1. The molecule has 1 aromatic rings. The minimum atomic E-state index is -3.63. The van der Waals surface area contributed by atoms with Gasteiger partial charge in [-0.05, 0) is 26.0 Å². The predicted molar refractivity (Wildman–Crippen MR) is 70.9 cm³/mol. The lowest BCUT2D eigenvalue weighted by molar-refractivity contribution is 0.171. The highest BCUT2D eigenvalue weighted by molar-refractivity contribution is 7.89. The largest absolute Gasteiger partial charge is 0.486 e. The molecule has 19 heavy (non-hydrogen) atoms. The molecular weight excluding hydrogens is 268 g/mol. The third-order valence-electron chi connectivity index (χ3n) is 2.74. The van der Waals surface area contributed by atoms with E-state index >= 15 is 0 Å². The van der Waals surface area contributed by atoms with Crippen LogP contribution in [0, 0.1) is 0 Å². The molecule has 0 saturated heterocycles. The maximum absolute atomic E-state index is 12.2. The summed E-state index contributed by atoms with van der Waals surface area (Å²) in [6.07, 6.45) is 0. The fourth-order valence-electron chi connectivity index (χ4n) is 1.66. The summed E-state index contributed by atoms with van der Waals surface area (Å²) < 4.78 is 37.7. The smallest absolute Gasteiger partial charge is 0.241 e. The van der Waals surface area contributed by atoms with E-state index in [2.05, 4.69) is 4.72 Å². The van der Waals surface area contributed by atoms with E-state index in [1.807, 2.05) is 0 Å². The van der Waals surface area contributed by atoms with Crippen molar-refractivity contribution in [3.05, 3.63) is 18.2 Å². The first-order valence-corrected chi connectivity index (χ1v) is 7.46. The fraction of sp³-hybridized carbons (Fsp3) is 0.500. The average molecular weight is 286 g/mol. The molecule has 0 bridgehead atoms. The summed E-state index contributed by atoms with van der Waals surface area (Å²) in [7, 11) is -3.63.